The summed E-state index contributed by atoms with van der Waals surface area (Å²) in [5, 5.41) is 15.5. The maximum absolute atomic E-state index is 8.98. The van der Waals surface area contributed by atoms with Crippen molar-refractivity contribution in [2.75, 3.05) is 30.8 Å². The summed E-state index contributed by atoms with van der Waals surface area (Å²) >= 11 is 0. The highest BCUT2D eigenvalue weighted by Crippen LogP contribution is 2.21. The lowest BCUT2D eigenvalue weighted by Crippen LogP contribution is -2.11. The first-order valence-electron chi connectivity index (χ1n) is 7.09. The molecule has 0 fully saturated rings. The molecule has 0 saturated carbocycles. The summed E-state index contributed by atoms with van der Waals surface area (Å²) in [7, 11) is 1.88. The zero-order valence-corrected chi connectivity index (χ0v) is 12.2. The van der Waals surface area contributed by atoms with Crippen LogP contribution in [0.4, 0.5) is 11.6 Å². The molecule has 1 unspecified atom stereocenters. The molecule has 19 heavy (non-hydrogen) atoms. The number of hydrogen-bond donors (Lipinski definition) is 3. The van der Waals surface area contributed by atoms with Crippen molar-refractivity contribution < 1.29 is 5.11 Å². The van der Waals surface area contributed by atoms with Crippen LogP contribution in [0.15, 0.2) is 6.33 Å². The first-order valence-corrected chi connectivity index (χ1v) is 7.09. The summed E-state index contributed by atoms with van der Waals surface area (Å²) in [5.74, 6) is 2.20. The molecule has 1 aromatic rings. The van der Waals surface area contributed by atoms with Gasteiger partial charge in [-0.1, -0.05) is 20.3 Å². The fourth-order valence-electron chi connectivity index (χ4n) is 2.02. The van der Waals surface area contributed by atoms with Gasteiger partial charge in [0.25, 0.3) is 0 Å². The number of nitrogens with zero attached hydrogens (tertiary/aromatic N) is 2. The second-order valence-corrected chi connectivity index (χ2v) is 4.91. The largest absolute Gasteiger partial charge is 0.396 e. The first kappa shape index (κ1) is 15.7. The molecular formula is C14H26N4O. The second-order valence-electron chi connectivity index (χ2n) is 4.91. The number of aromatic nitrogens is 2. The maximum atomic E-state index is 8.98. The minimum atomic E-state index is 0.262. The Bertz CT molecular complexity index is 370. The van der Waals surface area contributed by atoms with Crippen molar-refractivity contribution in [1.82, 2.24) is 9.97 Å². The molecule has 0 aliphatic heterocycles. The van der Waals surface area contributed by atoms with Crippen molar-refractivity contribution >= 4 is 11.6 Å². The van der Waals surface area contributed by atoms with E-state index < -0.39 is 0 Å². The fourth-order valence-corrected chi connectivity index (χ4v) is 2.02. The van der Waals surface area contributed by atoms with Crippen LogP contribution >= 0.6 is 0 Å². The molecule has 1 atom stereocenters. The van der Waals surface area contributed by atoms with Crippen LogP contribution in [0, 0.1) is 5.92 Å². The van der Waals surface area contributed by atoms with Gasteiger partial charge in [0, 0.05) is 25.8 Å². The average molecular weight is 266 g/mol. The molecule has 0 saturated heterocycles. The minimum absolute atomic E-state index is 0.262. The third-order valence-corrected chi connectivity index (χ3v) is 3.16. The third-order valence-electron chi connectivity index (χ3n) is 3.16. The van der Waals surface area contributed by atoms with Gasteiger partial charge in [0.05, 0.1) is 0 Å². The van der Waals surface area contributed by atoms with E-state index in [9.17, 15) is 0 Å². The fraction of sp³-hybridized carbons (Fsp3) is 0.714. The van der Waals surface area contributed by atoms with E-state index in [0.717, 1.165) is 49.4 Å². The molecule has 0 bridgehead atoms. The van der Waals surface area contributed by atoms with Crippen LogP contribution in [0.2, 0.25) is 0 Å². The monoisotopic (exact) mass is 266 g/mol. The Balaban J connectivity index is 2.57. The van der Waals surface area contributed by atoms with Crippen molar-refractivity contribution in [2.24, 2.45) is 5.92 Å². The molecular weight excluding hydrogens is 240 g/mol. The van der Waals surface area contributed by atoms with Gasteiger partial charge in [-0.3, -0.25) is 0 Å². The maximum Gasteiger partial charge on any atom is 0.134 e. The van der Waals surface area contributed by atoms with Gasteiger partial charge in [-0.2, -0.15) is 0 Å². The highest BCUT2D eigenvalue weighted by atomic mass is 16.3. The van der Waals surface area contributed by atoms with Crippen molar-refractivity contribution in [3.8, 4) is 0 Å². The van der Waals surface area contributed by atoms with Crippen LogP contribution in [-0.4, -0.2) is 35.3 Å². The molecule has 5 heteroatoms. The summed E-state index contributed by atoms with van der Waals surface area (Å²) in [6.07, 6.45) is 5.68. The quantitative estimate of drug-likeness (QED) is 0.598. The summed E-state index contributed by atoms with van der Waals surface area (Å²) in [6.45, 7) is 5.35. The van der Waals surface area contributed by atoms with Gasteiger partial charge in [0.2, 0.25) is 0 Å². The van der Waals surface area contributed by atoms with Crippen LogP contribution in [0.1, 0.15) is 38.7 Å². The predicted molar refractivity (Wildman–Crippen MR) is 79.5 cm³/mol. The molecule has 5 nitrogen and oxygen atoms in total. The Morgan fingerprint density at radius 3 is 2.68 bits per heavy atom. The molecule has 3 N–H and O–H groups in total. The Morgan fingerprint density at radius 1 is 1.32 bits per heavy atom. The van der Waals surface area contributed by atoms with E-state index in [4.69, 9.17) is 5.11 Å². The van der Waals surface area contributed by atoms with Gasteiger partial charge < -0.3 is 15.7 Å². The van der Waals surface area contributed by atoms with Gasteiger partial charge >= 0.3 is 0 Å². The van der Waals surface area contributed by atoms with E-state index in [1.165, 1.54) is 0 Å². The van der Waals surface area contributed by atoms with Gasteiger partial charge in [-0.05, 0) is 25.2 Å². The number of aliphatic hydroxyl groups excluding tert-OH is 1. The molecule has 1 heterocycles. The number of nitrogens with one attached hydrogen (secondary N) is 2. The van der Waals surface area contributed by atoms with Crippen LogP contribution in [0.25, 0.3) is 0 Å². The molecule has 0 amide bonds. The lowest BCUT2D eigenvalue weighted by Gasteiger charge is -2.14. The Hall–Kier alpha value is -1.36. The highest BCUT2D eigenvalue weighted by molar-refractivity contribution is 5.57. The van der Waals surface area contributed by atoms with Gasteiger partial charge in [0.1, 0.15) is 18.0 Å². The Kier molecular flexibility index (Phi) is 7.18. The zero-order chi connectivity index (χ0) is 14.1. The molecule has 0 aromatic carbocycles. The summed E-state index contributed by atoms with van der Waals surface area (Å²) in [4.78, 5) is 8.58. The number of rotatable bonds is 9. The van der Waals surface area contributed by atoms with Crippen molar-refractivity contribution in [3.05, 3.63) is 11.9 Å². The molecule has 1 rings (SSSR count). The van der Waals surface area contributed by atoms with E-state index in [1.54, 1.807) is 6.33 Å². The summed E-state index contributed by atoms with van der Waals surface area (Å²) in [6, 6.07) is 0. The lowest BCUT2D eigenvalue weighted by molar-refractivity contribution is 0.229. The molecule has 0 spiro atoms. The molecule has 108 valence electrons. The second kappa shape index (κ2) is 8.69. The van der Waals surface area contributed by atoms with E-state index >= 15 is 0 Å². The number of hydrogen-bond acceptors (Lipinski definition) is 5. The smallest absolute Gasteiger partial charge is 0.134 e. The van der Waals surface area contributed by atoms with Crippen molar-refractivity contribution in [3.63, 3.8) is 0 Å². The summed E-state index contributed by atoms with van der Waals surface area (Å²) in [5.41, 5.74) is 1.16. The first-order chi connectivity index (χ1) is 9.22. The summed E-state index contributed by atoms with van der Waals surface area (Å²) < 4.78 is 0. The van der Waals surface area contributed by atoms with Crippen LogP contribution in [-0.2, 0) is 6.42 Å². The molecule has 1 aromatic heterocycles. The highest BCUT2D eigenvalue weighted by Gasteiger charge is 2.09. The Labute approximate surface area is 115 Å². The van der Waals surface area contributed by atoms with E-state index in [-0.39, 0.29) is 6.61 Å². The normalized spacial score (nSPS) is 12.2. The zero-order valence-electron chi connectivity index (χ0n) is 12.2. The Morgan fingerprint density at radius 2 is 2.05 bits per heavy atom. The standard InChI is InChI=1S/C14H26N4O/c1-4-6-12-13(15-3)17-10-18-14(12)16-8-5-7-11(2)9-19/h10-11,19H,4-9H2,1-3H3,(H2,15,16,17,18). The third kappa shape index (κ3) is 5.03. The van der Waals surface area contributed by atoms with Crippen molar-refractivity contribution in [1.29, 1.82) is 0 Å². The SMILES string of the molecule is CCCc1c(NC)ncnc1NCCCC(C)CO. The van der Waals surface area contributed by atoms with Gasteiger partial charge in [-0.15, -0.1) is 0 Å². The lowest BCUT2D eigenvalue weighted by atomic mass is 10.1. The number of anilines is 2. The average Bonchev–Trinajstić information content (AvgIpc) is 2.44. The van der Waals surface area contributed by atoms with Crippen LogP contribution < -0.4 is 10.6 Å². The van der Waals surface area contributed by atoms with Crippen LogP contribution in [0.3, 0.4) is 0 Å². The minimum Gasteiger partial charge on any atom is -0.396 e. The van der Waals surface area contributed by atoms with Gasteiger partial charge in [0.15, 0.2) is 0 Å². The topological polar surface area (TPSA) is 70.1 Å². The predicted octanol–water partition coefficient (Wildman–Crippen LogP) is 2.29. The van der Waals surface area contributed by atoms with Crippen molar-refractivity contribution in [2.45, 2.75) is 39.5 Å². The number of aliphatic hydroxyl groups is 1. The molecule has 0 radical (unpaired) electrons. The van der Waals surface area contributed by atoms with Gasteiger partial charge in [-0.25, -0.2) is 9.97 Å². The van der Waals surface area contributed by atoms with E-state index in [0.29, 0.717) is 5.92 Å². The molecule has 0 aliphatic rings. The van der Waals surface area contributed by atoms with E-state index in [2.05, 4.69) is 34.4 Å². The van der Waals surface area contributed by atoms with E-state index in [1.807, 2.05) is 7.05 Å². The molecule has 0 aliphatic carbocycles. The van der Waals surface area contributed by atoms with Crippen LogP contribution in [0.5, 0.6) is 0 Å².